The minimum absolute atomic E-state index is 0.107. The number of carbonyl (C=O) groups is 1. The second kappa shape index (κ2) is 9.81. The molecule has 7 nitrogen and oxygen atoms in total. The van der Waals surface area contributed by atoms with Crippen LogP contribution in [0.15, 0.2) is 83.8 Å². The summed E-state index contributed by atoms with van der Waals surface area (Å²) in [6.07, 6.45) is 1.06. The normalized spacial score (nSPS) is 11.3. The number of hydrogen-bond donors (Lipinski definition) is 2. The Morgan fingerprint density at radius 2 is 1.64 bits per heavy atom. The number of sulfonamides is 1. The Morgan fingerprint density at radius 3 is 2.27 bits per heavy atom. The van der Waals surface area contributed by atoms with Crippen LogP contribution in [0, 0.1) is 0 Å². The Hall–Kier alpha value is -3.75. The number of aldehydes is 1. The molecule has 4 aromatic rings. The van der Waals surface area contributed by atoms with Crippen molar-refractivity contribution in [1.82, 2.24) is 14.7 Å². The molecular weight excluding hydrogens is 438 g/mol. The van der Waals surface area contributed by atoms with E-state index < -0.39 is 10.0 Å². The van der Waals surface area contributed by atoms with E-state index in [1.54, 1.807) is 7.11 Å². The zero-order valence-electron chi connectivity index (χ0n) is 18.0. The number of ether oxygens (including phenoxy) is 1. The van der Waals surface area contributed by atoms with Crippen LogP contribution in [0.25, 0.3) is 22.6 Å². The number of hydrogen-bond acceptors (Lipinski definition) is 5. The number of carbonyl (C=O) groups excluding carboxylic acids is 1. The number of nitrogens with one attached hydrogen (secondary N) is 2. The molecule has 168 valence electrons. The number of rotatable bonds is 9. The Labute approximate surface area is 192 Å². The Morgan fingerprint density at radius 1 is 0.939 bits per heavy atom. The van der Waals surface area contributed by atoms with Crippen molar-refractivity contribution < 1.29 is 17.9 Å². The van der Waals surface area contributed by atoms with E-state index in [-0.39, 0.29) is 11.4 Å². The first-order valence-electron chi connectivity index (χ1n) is 10.3. The maximum absolute atomic E-state index is 12.6. The van der Waals surface area contributed by atoms with E-state index in [4.69, 9.17) is 9.72 Å². The topological polar surface area (TPSA) is 101 Å². The van der Waals surface area contributed by atoms with Gasteiger partial charge in [0.2, 0.25) is 10.0 Å². The molecule has 0 unspecified atom stereocenters. The van der Waals surface area contributed by atoms with E-state index in [1.165, 1.54) is 24.3 Å². The van der Waals surface area contributed by atoms with Gasteiger partial charge >= 0.3 is 0 Å². The maximum atomic E-state index is 12.6. The van der Waals surface area contributed by atoms with E-state index in [9.17, 15) is 13.2 Å². The molecule has 0 aliphatic carbocycles. The minimum atomic E-state index is -3.71. The SMILES string of the molecule is COc1ccc(-c2[nH]c(-c3ccccc3)nc2CCNS(=O)(=O)c2ccc(C=O)cc2)cc1. The molecule has 1 aromatic heterocycles. The molecule has 33 heavy (non-hydrogen) atoms. The third-order valence-corrected chi connectivity index (χ3v) is 6.66. The molecule has 0 spiro atoms. The van der Waals surface area contributed by atoms with Gasteiger partial charge in [-0.05, 0) is 36.4 Å². The summed E-state index contributed by atoms with van der Waals surface area (Å²) in [4.78, 5) is 19.0. The molecule has 8 heteroatoms. The second-order valence-corrected chi connectivity index (χ2v) is 9.10. The van der Waals surface area contributed by atoms with Gasteiger partial charge in [-0.1, -0.05) is 42.5 Å². The number of benzene rings is 3. The molecule has 0 aliphatic heterocycles. The van der Waals surface area contributed by atoms with Crippen molar-refractivity contribution in [2.45, 2.75) is 11.3 Å². The molecule has 1 heterocycles. The van der Waals surface area contributed by atoms with Gasteiger partial charge in [0, 0.05) is 29.7 Å². The smallest absolute Gasteiger partial charge is 0.240 e. The summed E-state index contributed by atoms with van der Waals surface area (Å²) in [6.45, 7) is 0.167. The number of methoxy groups -OCH3 is 1. The Bertz CT molecular complexity index is 1330. The van der Waals surface area contributed by atoms with Crippen LogP contribution >= 0.6 is 0 Å². The number of nitrogens with zero attached hydrogens (tertiary/aromatic N) is 1. The molecule has 0 atom stereocenters. The number of H-pyrrole nitrogens is 1. The molecule has 0 saturated carbocycles. The predicted molar refractivity (Wildman–Crippen MR) is 127 cm³/mol. The average Bonchev–Trinajstić information content (AvgIpc) is 3.28. The fraction of sp³-hybridized carbons (Fsp3) is 0.120. The van der Waals surface area contributed by atoms with Gasteiger partial charge in [0.15, 0.2) is 0 Å². The lowest BCUT2D eigenvalue weighted by Crippen LogP contribution is -2.26. The molecule has 0 radical (unpaired) electrons. The van der Waals surface area contributed by atoms with Crippen LogP contribution in [-0.4, -0.2) is 38.3 Å². The molecule has 0 amide bonds. The highest BCUT2D eigenvalue weighted by Crippen LogP contribution is 2.28. The zero-order chi connectivity index (χ0) is 23.3. The third kappa shape index (κ3) is 5.19. The molecule has 0 fully saturated rings. The van der Waals surface area contributed by atoms with Crippen LogP contribution in [0.5, 0.6) is 5.75 Å². The average molecular weight is 462 g/mol. The van der Waals surface area contributed by atoms with E-state index >= 15 is 0 Å². The first-order valence-corrected chi connectivity index (χ1v) is 11.8. The monoisotopic (exact) mass is 461 g/mol. The van der Waals surface area contributed by atoms with Crippen molar-refractivity contribution in [2.75, 3.05) is 13.7 Å². The highest BCUT2D eigenvalue weighted by Gasteiger charge is 2.17. The molecule has 4 rings (SSSR count). The summed E-state index contributed by atoms with van der Waals surface area (Å²) >= 11 is 0. The fourth-order valence-corrected chi connectivity index (χ4v) is 4.46. The predicted octanol–water partition coefficient (Wildman–Crippen LogP) is 4.09. The molecule has 0 saturated heterocycles. The van der Waals surface area contributed by atoms with Crippen molar-refractivity contribution in [3.05, 3.63) is 90.1 Å². The minimum Gasteiger partial charge on any atom is -0.497 e. The zero-order valence-corrected chi connectivity index (χ0v) is 18.8. The van der Waals surface area contributed by atoms with Crippen molar-refractivity contribution in [2.24, 2.45) is 0 Å². The first-order chi connectivity index (χ1) is 16.0. The lowest BCUT2D eigenvalue weighted by molar-refractivity contribution is 0.112. The largest absolute Gasteiger partial charge is 0.497 e. The van der Waals surface area contributed by atoms with E-state index in [2.05, 4.69) is 9.71 Å². The summed E-state index contributed by atoms with van der Waals surface area (Å²) in [5.74, 6) is 1.46. The molecule has 2 N–H and O–H groups in total. The lowest BCUT2D eigenvalue weighted by Gasteiger charge is -2.08. The van der Waals surface area contributed by atoms with Gasteiger partial charge in [0.1, 0.15) is 17.9 Å². The van der Waals surface area contributed by atoms with Gasteiger partial charge in [-0.25, -0.2) is 18.1 Å². The molecule has 3 aromatic carbocycles. The van der Waals surface area contributed by atoms with Gasteiger partial charge in [0.05, 0.1) is 23.4 Å². The summed E-state index contributed by atoms with van der Waals surface area (Å²) in [5.41, 5.74) is 3.86. The number of aromatic amines is 1. The van der Waals surface area contributed by atoms with Crippen LogP contribution in [0.3, 0.4) is 0 Å². The van der Waals surface area contributed by atoms with Gasteiger partial charge in [-0.3, -0.25) is 4.79 Å². The van der Waals surface area contributed by atoms with Crippen LogP contribution < -0.4 is 9.46 Å². The van der Waals surface area contributed by atoms with Crippen molar-refractivity contribution in [3.8, 4) is 28.4 Å². The van der Waals surface area contributed by atoms with Gasteiger partial charge in [0.25, 0.3) is 0 Å². The van der Waals surface area contributed by atoms with Gasteiger partial charge in [-0.15, -0.1) is 0 Å². The first kappa shape index (κ1) is 22.4. The highest BCUT2D eigenvalue weighted by molar-refractivity contribution is 7.89. The van der Waals surface area contributed by atoms with Crippen molar-refractivity contribution >= 4 is 16.3 Å². The van der Waals surface area contributed by atoms with Gasteiger partial charge in [-0.2, -0.15) is 0 Å². The summed E-state index contributed by atoms with van der Waals surface area (Å²) in [5, 5.41) is 0. The summed E-state index contributed by atoms with van der Waals surface area (Å²) < 4.78 is 33.1. The van der Waals surface area contributed by atoms with Crippen molar-refractivity contribution in [1.29, 1.82) is 0 Å². The van der Waals surface area contributed by atoms with Gasteiger partial charge < -0.3 is 9.72 Å². The van der Waals surface area contributed by atoms with Crippen LogP contribution in [0.1, 0.15) is 16.1 Å². The second-order valence-electron chi connectivity index (χ2n) is 7.34. The fourth-order valence-electron chi connectivity index (χ4n) is 3.43. The Balaban J connectivity index is 1.57. The highest BCUT2D eigenvalue weighted by atomic mass is 32.2. The van der Waals surface area contributed by atoms with E-state index in [0.717, 1.165) is 28.3 Å². The summed E-state index contributed by atoms with van der Waals surface area (Å²) in [7, 11) is -2.09. The van der Waals surface area contributed by atoms with Crippen LogP contribution in [0.2, 0.25) is 0 Å². The van der Waals surface area contributed by atoms with E-state index in [1.807, 2.05) is 54.6 Å². The summed E-state index contributed by atoms with van der Waals surface area (Å²) in [6, 6.07) is 23.1. The lowest BCUT2D eigenvalue weighted by atomic mass is 10.1. The molecular formula is C25H23N3O4S. The number of imidazole rings is 1. The van der Waals surface area contributed by atoms with Crippen LogP contribution in [-0.2, 0) is 16.4 Å². The third-order valence-electron chi connectivity index (χ3n) is 5.19. The van der Waals surface area contributed by atoms with Crippen molar-refractivity contribution in [3.63, 3.8) is 0 Å². The number of aromatic nitrogens is 2. The maximum Gasteiger partial charge on any atom is 0.240 e. The Kier molecular flexibility index (Phi) is 6.67. The quantitative estimate of drug-likeness (QED) is 0.366. The van der Waals surface area contributed by atoms with Crippen LogP contribution in [0.4, 0.5) is 0 Å². The standard InChI is InChI=1S/C25H23N3O4S/c1-32-21-11-9-19(10-12-21)24-23(27-25(28-24)20-5-3-2-4-6-20)15-16-26-33(30,31)22-13-7-18(17-29)8-14-22/h2-14,17,26H,15-16H2,1H3,(H,27,28). The van der Waals surface area contributed by atoms with E-state index in [0.29, 0.717) is 24.1 Å². The molecule has 0 aliphatic rings. The molecule has 0 bridgehead atoms.